The second-order valence-corrected chi connectivity index (χ2v) is 7.83. The number of nitrogens with zero attached hydrogens (tertiary/aromatic N) is 6. The Kier molecular flexibility index (Phi) is 7.94. The molecular weight excluding hydrogens is 500 g/mol. The van der Waals surface area contributed by atoms with Gasteiger partial charge in [-0.1, -0.05) is 35.4 Å². The largest absolute Gasteiger partial charge is 0.459 e. The van der Waals surface area contributed by atoms with E-state index >= 15 is 0 Å². The molecule has 3 aromatic rings. The molecule has 194 valence electrons. The summed E-state index contributed by atoms with van der Waals surface area (Å²) in [6, 6.07) is 16.1. The van der Waals surface area contributed by atoms with Crippen LogP contribution in [0.15, 0.2) is 71.2 Å². The Hall–Kier alpha value is -3.58. The molecule has 0 aliphatic rings. The molecule has 2 aromatic carbocycles. The van der Waals surface area contributed by atoms with Gasteiger partial charge < -0.3 is 4.90 Å². The van der Waals surface area contributed by atoms with E-state index in [-0.39, 0.29) is 10.3 Å². The fourth-order valence-electron chi connectivity index (χ4n) is 3.14. The lowest BCUT2D eigenvalue weighted by Crippen LogP contribution is -2.58. The number of azo groups is 1. The molecular formula is C22H21F8N6+. The van der Waals surface area contributed by atoms with E-state index < -0.39 is 43.7 Å². The van der Waals surface area contributed by atoms with Crippen LogP contribution >= 0.6 is 0 Å². The summed E-state index contributed by atoms with van der Waals surface area (Å²) in [7, 11) is 1.86. The molecule has 6 nitrogen and oxygen atoms in total. The second kappa shape index (κ2) is 10.6. The summed E-state index contributed by atoms with van der Waals surface area (Å²) in [4.78, 5) is 1.95. The number of hydrogen-bond acceptors (Lipinski definition) is 4. The summed E-state index contributed by atoms with van der Waals surface area (Å²) in [6.45, 7) is -2.95. The normalized spacial score (nSPS) is 12.9. The first-order valence-electron chi connectivity index (χ1n) is 10.5. The van der Waals surface area contributed by atoms with E-state index in [1.54, 1.807) is 12.1 Å². The van der Waals surface area contributed by atoms with Crippen molar-refractivity contribution in [3.8, 4) is 0 Å². The fraction of sp³-hybridized carbons (Fsp3) is 0.364. The van der Waals surface area contributed by atoms with Gasteiger partial charge in [0.1, 0.15) is 19.8 Å². The molecule has 0 aliphatic heterocycles. The molecule has 0 saturated carbocycles. The van der Waals surface area contributed by atoms with Crippen molar-refractivity contribution in [2.75, 3.05) is 18.6 Å². The molecule has 36 heavy (non-hydrogen) atoms. The number of halogens is 8. The number of aromatic nitrogens is 3. The zero-order valence-electron chi connectivity index (χ0n) is 18.8. The lowest BCUT2D eigenvalue weighted by Gasteiger charge is -2.27. The summed E-state index contributed by atoms with van der Waals surface area (Å²) in [5, 5.41) is 11.1. The third-order valence-electron chi connectivity index (χ3n) is 5.05. The quantitative estimate of drug-likeness (QED) is 0.186. The van der Waals surface area contributed by atoms with E-state index in [1.807, 2.05) is 42.3 Å². The van der Waals surface area contributed by atoms with Gasteiger partial charge in [0.2, 0.25) is 0 Å². The monoisotopic (exact) mass is 521 g/mol. The van der Waals surface area contributed by atoms with Crippen molar-refractivity contribution in [1.82, 2.24) is 9.78 Å². The number of hydrogen-bond donors (Lipinski definition) is 0. The van der Waals surface area contributed by atoms with Crippen molar-refractivity contribution in [2.45, 2.75) is 37.7 Å². The maximum Gasteiger partial charge on any atom is 0.459 e. The standard InChI is InChI=1S/C22H21F8N6/c1-34(13-16-5-3-2-4-6-16)18-9-7-17(8-10-18)31-32-19-33-36(12-11-23)15-35(19)14-20(24,25)21(26,27)22(28,29)30/h2-10,15H,11-14H2,1H3/q+1. The number of alkyl halides is 8. The van der Waals surface area contributed by atoms with Crippen LogP contribution in [0.25, 0.3) is 0 Å². The Morgan fingerprint density at radius 2 is 1.56 bits per heavy atom. The van der Waals surface area contributed by atoms with Gasteiger partial charge in [0.05, 0.1) is 5.69 Å². The second-order valence-electron chi connectivity index (χ2n) is 7.83. The summed E-state index contributed by atoms with van der Waals surface area (Å²) < 4.78 is 106. The summed E-state index contributed by atoms with van der Waals surface area (Å²) in [5.41, 5.74) is 2.12. The molecule has 0 bridgehead atoms. The van der Waals surface area contributed by atoms with Crippen LogP contribution in [-0.2, 0) is 19.6 Å². The highest BCUT2D eigenvalue weighted by molar-refractivity contribution is 5.52. The van der Waals surface area contributed by atoms with Crippen molar-refractivity contribution < 1.29 is 39.7 Å². The zero-order chi connectivity index (χ0) is 26.6. The number of benzene rings is 2. The van der Waals surface area contributed by atoms with Crippen molar-refractivity contribution in [1.29, 1.82) is 0 Å². The average Bonchev–Trinajstić information content (AvgIpc) is 3.18. The van der Waals surface area contributed by atoms with E-state index in [1.165, 1.54) is 12.1 Å². The van der Waals surface area contributed by atoms with E-state index in [4.69, 9.17) is 0 Å². The molecule has 0 saturated heterocycles. The lowest BCUT2D eigenvalue weighted by molar-refractivity contribution is -0.708. The third-order valence-corrected chi connectivity index (χ3v) is 5.05. The molecule has 0 N–H and O–H groups in total. The first kappa shape index (κ1) is 27.0. The van der Waals surface area contributed by atoms with E-state index in [0.717, 1.165) is 15.9 Å². The van der Waals surface area contributed by atoms with E-state index in [9.17, 15) is 35.1 Å². The molecule has 0 radical (unpaired) electrons. The third kappa shape index (κ3) is 6.15. The van der Waals surface area contributed by atoms with Gasteiger partial charge in [0, 0.05) is 29.5 Å². The van der Waals surface area contributed by atoms with Gasteiger partial charge in [0.15, 0.2) is 6.33 Å². The maximum absolute atomic E-state index is 13.9. The van der Waals surface area contributed by atoms with Crippen LogP contribution in [0.4, 0.5) is 52.4 Å². The van der Waals surface area contributed by atoms with Crippen LogP contribution in [0.2, 0.25) is 0 Å². The molecule has 0 atom stereocenters. The van der Waals surface area contributed by atoms with Crippen LogP contribution in [0.5, 0.6) is 0 Å². The van der Waals surface area contributed by atoms with Crippen molar-refractivity contribution >= 4 is 17.3 Å². The minimum Gasteiger partial charge on any atom is -0.370 e. The Bertz CT molecular complexity index is 1160. The van der Waals surface area contributed by atoms with Gasteiger partial charge in [-0.05, 0) is 29.8 Å². The van der Waals surface area contributed by atoms with Crippen molar-refractivity contribution in [3.63, 3.8) is 0 Å². The molecule has 3 rings (SSSR count). The number of rotatable bonds is 10. The summed E-state index contributed by atoms with van der Waals surface area (Å²) in [5.74, 6) is -12.5. The summed E-state index contributed by atoms with van der Waals surface area (Å²) in [6.07, 6.45) is -5.82. The van der Waals surface area contributed by atoms with Crippen molar-refractivity contribution in [3.05, 3.63) is 66.5 Å². The van der Waals surface area contributed by atoms with Crippen LogP contribution < -0.4 is 9.47 Å². The minimum atomic E-state index is -6.48. The van der Waals surface area contributed by atoms with Gasteiger partial charge >= 0.3 is 24.0 Å². The topological polar surface area (TPSA) is 49.7 Å². The van der Waals surface area contributed by atoms with Gasteiger partial charge in [0.25, 0.3) is 0 Å². The Balaban J connectivity index is 1.79. The van der Waals surface area contributed by atoms with Crippen LogP contribution in [0.1, 0.15) is 5.56 Å². The van der Waals surface area contributed by atoms with E-state index in [0.29, 0.717) is 12.9 Å². The number of aryl methyl sites for hydroxylation is 1. The Labute approximate surface area is 200 Å². The van der Waals surface area contributed by atoms with Gasteiger partial charge in [-0.3, -0.25) is 0 Å². The molecule has 1 heterocycles. The first-order valence-corrected chi connectivity index (χ1v) is 10.5. The minimum absolute atomic E-state index is 0.228. The predicted octanol–water partition coefficient (Wildman–Crippen LogP) is 6.02. The molecule has 0 amide bonds. The highest BCUT2D eigenvalue weighted by atomic mass is 19.4. The summed E-state index contributed by atoms with van der Waals surface area (Å²) >= 11 is 0. The zero-order valence-corrected chi connectivity index (χ0v) is 18.8. The lowest BCUT2D eigenvalue weighted by atomic mass is 10.1. The molecule has 14 heteroatoms. The molecule has 1 aromatic heterocycles. The maximum atomic E-state index is 13.9. The fourth-order valence-corrected chi connectivity index (χ4v) is 3.14. The van der Waals surface area contributed by atoms with Gasteiger partial charge in [-0.15, -0.1) is 4.68 Å². The van der Waals surface area contributed by atoms with Crippen molar-refractivity contribution in [2.24, 2.45) is 10.2 Å². The first-order chi connectivity index (χ1) is 16.8. The van der Waals surface area contributed by atoms with Gasteiger partial charge in [-0.2, -0.15) is 30.7 Å². The highest BCUT2D eigenvalue weighted by Crippen LogP contribution is 2.46. The predicted molar refractivity (Wildman–Crippen MR) is 114 cm³/mol. The van der Waals surface area contributed by atoms with Crippen LogP contribution in [-0.4, -0.2) is 41.5 Å². The van der Waals surface area contributed by atoms with Gasteiger partial charge in [-0.25, -0.2) is 8.96 Å². The average molecular weight is 521 g/mol. The van der Waals surface area contributed by atoms with Crippen LogP contribution in [0.3, 0.4) is 0 Å². The molecule has 0 aliphatic carbocycles. The smallest absolute Gasteiger partial charge is 0.370 e. The molecule has 0 fully saturated rings. The van der Waals surface area contributed by atoms with E-state index in [2.05, 4.69) is 15.3 Å². The highest BCUT2D eigenvalue weighted by Gasteiger charge is 2.73. The Morgan fingerprint density at radius 1 is 0.917 bits per heavy atom. The Morgan fingerprint density at radius 3 is 2.14 bits per heavy atom. The number of anilines is 1. The molecule has 0 spiro atoms. The molecule has 0 unspecified atom stereocenters. The SMILES string of the molecule is CN(Cc1ccccc1)c1ccc(N=Nc2nn(CCF)c[n+]2CC(F)(F)C(F)(F)C(F)(F)F)cc1. The van der Waals surface area contributed by atoms with Crippen LogP contribution in [0, 0.1) is 0 Å².